The normalized spacial score (nSPS) is 14.9. The van der Waals surface area contributed by atoms with Crippen molar-refractivity contribution in [1.29, 1.82) is 0 Å². The first-order valence-corrected chi connectivity index (χ1v) is 8.99. The molecule has 0 aliphatic carbocycles. The zero-order chi connectivity index (χ0) is 19.7. The van der Waals surface area contributed by atoms with Gasteiger partial charge in [0.2, 0.25) is 0 Å². The van der Waals surface area contributed by atoms with E-state index in [0.29, 0.717) is 32.5 Å². The van der Waals surface area contributed by atoms with Crippen LogP contribution in [-0.2, 0) is 14.3 Å². The molecule has 1 amide bonds. The van der Waals surface area contributed by atoms with Crippen molar-refractivity contribution in [2.45, 2.75) is 53.1 Å². The van der Waals surface area contributed by atoms with Crippen LogP contribution in [0.15, 0.2) is 24.3 Å². The molecule has 1 aromatic carbocycles. The zero-order valence-electron chi connectivity index (χ0n) is 16.4. The molecule has 1 saturated heterocycles. The average molecular weight is 367 g/mol. The lowest BCUT2D eigenvalue weighted by Gasteiger charge is -2.32. The van der Waals surface area contributed by atoms with Gasteiger partial charge in [-0.25, -0.2) is 9.18 Å². The van der Waals surface area contributed by atoms with E-state index in [4.69, 9.17) is 9.47 Å². The molecule has 0 atom stereocenters. The maximum Gasteiger partial charge on any atom is 0.410 e. The fourth-order valence-corrected chi connectivity index (χ4v) is 2.42. The second-order valence-corrected chi connectivity index (χ2v) is 7.29. The van der Waals surface area contributed by atoms with Gasteiger partial charge in [-0.1, -0.05) is 17.7 Å². The van der Waals surface area contributed by atoms with Crippen molar-refractivity contribution in [2.24, 2.45) is 5.92 Å². The van der Waals surface area contributed by atoms with Crippen molar-refractivity contribution < 1.29 is 23.5 Å². The van der Waals surface area contributed by atoms with E-state index in [1.54, 1.807) is 24.0 Å². The summed E-state index contributed by atoms with van der Waals surface area (Å²) in [5, 5.41) is 0. The molecule has 146 valence electrons. The number of ether oxygens (including phenoxy) is 2. The van der Waals surface area contributed by atoms with Crippen molar-refractivity contribution >= 4 is 12.1 Å². The monoisotopic (exact) mass is 367 g/mol. The van der Waals surface area contributed by atoms with Crippen LogP contribution < -0.4 is 0 Å². The van der Waals surface area contributed by atoms with Gasteiger partial charge in [0.1, 0.15) is 11.4 Å². The minimum Gasteiger partial charge on any atom is -0.466 e. The van der Waals surface area contributed by atoms with E-state index in [1.807, 2.05) is 27.7 Å². The van der Waals surface area contributed by atoms with Gasteiger partial charge in [-0.05, 0) is 59.6 Å². The Morgan fingerprint density at radius 1 is 1.15 bits per heavy atom. The van der Waals surface area contributed by atoms with Gasteiger partial charge < -0.3 is 14.4 Å². The molecule has 0 unspecified atom stereocenters. The molecule has 2 rings (SSSR count). The molecule has 1 aromatic rings. The maximum absolute atomic E-state index is 12.1. The number of hydrogen-bond acceptors (Lipinski definition) is 4. The summed E-state index contributed by atoms with van der Waals surface area (Å²) in [5.74, 6) is -0.402. The van der Waals surface area contributed by atoms with Crippen molar-refractivity contribution in [1.82, 2.24) is 4.90 Å². The Bertz CT molecular complexity index is 551. The Morgan fingerprint density at radius 3 is 2.12 bits per heavy atom. The van der Waals surface area contributed by atoms with Crippen LogP contribution in [0.2, 0.25) is 0 Å². The number of esters is 1. The van der Waals surface area contributed by atoms with Gasteiger partial charge in [0.05, 0.1) is 12.5 Å². The molecule has 26 heavy (non-hydrogen) atoms. The Balaban J connectivity index is 0.000000350. The number of carbonyl (C=O) groups is 2. The molecule has 0 bridgehead atoms. The fourth-order valence-electron chi connectivity index (χ4n) is 2.42. The summed E-state index contributed by atoms with van der Waals surface area (Å²) in [7, 11) is 0. The predicted octanol–water partition coefficient (Wildman–Crippen LogP) is 4.33. The van der Waals surface area contributed by atoms with Gasteiger partial charge in [0.15, 0.2) is 0 Å². The zero-order valence-corrected chi connectivity index (χ0v) is 16.4. The van der Waals surface area contributed by atoms with E-state index in [-0.39, 0.29) is 23.8 Å². The molecule has 1 heterocycles. The molecule has 0 saturated carbocycles. The molecule has 0 radical (unpaired) electrons. The molecule has 5 nitrogen and oxygen atoms in total. The summed E-state index contributed by atoms with van der Waals surface area (Å²) < 4.78 is 22.4. The molecule has 1 aliphatic rings. The van der Waals surface area contributed by atoms with Crippen LogP contribution in [0.1, 0.15) is 46.1 Å². The fraction of sp³-hybridized carbons (Fsp3) is 0.600. The minimum atomic E-state index is -0.477. The Hall–Kier alpha value is -2.11. The van der Waals surface area contributed by atoms with Gasteiger partial charge in [-0.15, -0.1) is 0 Å². The van der Waals surface area contributed by atoms with E-state index in [9.17, 15) is 14.0 Å². The molecule has 0 N–H and O–H groups in total. The Kier molecular flexibility index (Phi) is 8.55. The number of piperidine rings is 1. The first kappa shape index (κ1) is 21.9. The number of nitrogens with zero attached hydrogens (tertiary/aromatic N) is 1. The van der Waals surface area contributed by atoms with Crippen molar-refractivity contribution in [3.63, 3.8) is 0 Å². The van der Waals surface area contributed by atoms with Crippen molar-refractivity contribution in [3.8, 4) is 0 Å². The van der Waals surface area contributed by atoms with E-state index < -0.39 is 5.60 Å². The summed E-state index contributed by atoms with van der Waals surface area (Å²) in [6.07, 6.45) is 1.00. The summed E-state index contributed by atoms with van der Waals surface area (Å²) in [6, 6.07) is 6.40. The highest BCUT2D eigenvalue weighted by molar-refractivity contribution is 5.73. The summed E-state index contributed by atoms with van der Waals surface area (Å²) in [4.78, 5) is 25.0. The summed E-state index contributed by atoms with van der Waals surface area (Å²) in [6.45, 7) is 10.8. The number of rotatable bonds is 2. The largest absolute Gasteiger partial charge is 0.466 e. The van der Waals surface area contributed by atoms with E-state index in [2.05, 4.69) is 0 Å². The highest BCUT2D eigenvalue weighted by Gasteiger charge is 2.30. The molecule has 6 heteroatoms. The molecule has 0 aromatic heterocycles. The number of aryl methyl sites for hydroxylation is 1. The van der Waals surface area contributed by atoms with Gasteiger partial charge in [-0.2, -0.15) is 0 Å². The minimum absolute atomic E-state index is 0.0800. The van der Waals surface area contributed by atoms with Crippen LogP contribution in [0, 0.1) is 18.7 Å². The van der Waals surface area contributed by atoms with Gasteiger partial charge in [0.25, 0.3) is 0 Å². The number of benzene rings is 1. The van der Waals surface area contributed by atoms with Crippen LogP contribution in [0.3, 0.4) is 0 Å². The highest BCUT2D eigenvalue weighted by Crippen LogP contribution is 2.20. The van der Waals surface area contributed by atoms with Gasteiger partial charge in [0, 0.05) is 13.1 Å². The second kappa shape index (κ2) is 10.1. The second-order valence-electron chi connectivity index (χ2n) is 7.29. The lowest BCUT2D eigenvalue weighted by molar-refractivity contribution is -0.149. The lowest BCUT2D eigenvalue weighted by atomic mass is 9.97. The number of likely N-dealkylation sites (tertiary alicyclic amines) is 1. The lowest BCUT2D eigenvalue weighted by Crippen LogP contribution is -2.43. The number of carbonyl (C=O) groups excluding carboxylic acids is 2. The SMILES string of the molecule is CCOC(=O)C1CCN(C(=O)OC(C)(C)C)CC1.Cc1ccc(F)cc1. The summed E-state index contributed by atoms with van der Waals surface area (Å²) in [5.41, 5.74) is 0.612. The third kappa shape index (κ3) is 8.32. The maximum atomic E-state index is 12.1. The first-order valence-electron chi connectivity index (χ1n) is 8.99. The van der Waals surface area contributed by atoms with Crippen LogP contribution >= 0.6 is 0 Å². The van der Waals surface area contributed by atoms with Crippen LogP contribution in [0.5, 0.6) is 0 Å². The van der Waals surface area contributed by atoms with E-state index in [0.717, 1.165) is 5.56 Å². The van der Waals surface area contributed by atoms with Crippen molar-refractivity contribution in [3.05, 3.63) is 35.6 Å². The topological polar surface area (TPSA) is 55.8 Å². The van der Waals surface area contributed by atoms with E-state index >= 15 is 0 Å². The Labute approximate surface area is 155 Å². The van der Waals surface area contributed by atoms with Gasteiger partial charge >= 0.3 is 12.1 Å². The van der Waals surface area contributed by atoms with Crippen LogP contribution in [0.4, 0.5) is 9.18 Å². The van der Waals surface area contributed by atoms with Crippen LogP contribution in [-0.4, -0.2) is 42.3 Å². The quantitative estimate of drug-likeness (QED) is 0.730. The molecular weight excluding hydrogens is 337 g/mol. The highest BCUT2D eigenvalue weighted by atomic mass is 19.1. The molecule has 1 fully saturated rings. The standard InChI is InChI=1S/C13H23NO4.C7H7F/c1-5-17-11(15)10-6-8-14(9-7-10)12(16)18-13(2,3)4;1-6-2-4-7(8)5-3-6/h10H,5-9H2,1-4H3;2-5H,1H3. The summed E-state index contributed by atoms with van der Waals surface area (Å²) >= 11 is 0. The number of amides is 1. The number of hydrogen-bond donors (Lipinski definition) is 0. The number of halogens is 1. The first-order chi connectivity index (χ1) is 12.1. The van der Waals surface area contributed by atoms with Gasteiger partial charge in [-0.3, -0.25) is 4.79 Å². The molecular formula is C20H30FNO4. The smallest absolute Gasteiger partial charge is 0.410 e. The van der Waals surface area contributed by atoms with E-state index in [1.165, 1.54) is 12.1 Å². The predicted molar refractivity (Wildman–Crippen MR) is 98.3 cm³/mol. The van der Waals surface area contributed by atoms with Crippen molar-refractivity contribution in [2.75, 3.05) is 19.7 Å². The third-order valence-corrected chi connectivity index (χ3v) is 3.78. The molecule has 0 spiro atoms. The molecule has 1 aliphatic heterocycles. The van der Waals surface area contributed by atoms with Crippen LogP contribution in [0.25, 0.3) is 0 Å². The third-order valence-electron chi connectivity index (χ3n) is 3.78. The Morgan fingerprint density at radius 2 is 1.69 bits per heavy atom. The average Bonchev–Trinajstić information content (AvgIpc) is 2.57.